The van der Waals surface area contributed by atoms with Crippen LogP contribution in [0.25, 0.3) is 0 Å². The van der Waals surface area contributed by atoms with Crippen LogP contribution in [0.3, 0.4) is 0 Å². The summed E-state index contributed by atoms with van der Waals surface area (Å²) in [5, 5.41) is 0.485. The van der Waals surface area contributed by atoms with Crippen molar-refractivity contribution in [2.75, 3.05) is 0 Å². The fourth-order valence-corrected chi connectivity index (χ4v) is 4.12. The van der Waals surface area contributed by atoms with E-state index in [-0.39, 0.29) is 17.8 Å². The highest BCUT2D eigenvalue weighted by Gasteiger charge is 2.23. The molecule has 19 heavy (non-hydrogen) atoms. The van der Waals surface area contributed by atoms with Crippen molar-refractivity contribution in [3.05, 3.63) is 34.9 Å². The van der Waals surface area contributed by atoms with Crippen LogP contribution >= 0.6 is 11.6 Å². The lowest BCUT2D eigenvalue weighted by atomic mass is 9.93. The molecule has 0 aliphatic heterocycles. The minimum Gasteiger partial charge on any atom is -0.328 e. The summed E-state index contributed by atoms with van der Waals surface area (Å²) in [5.41, 5.74) is 6.44. The Morgan fingerprint density at radius 2 is 1.84 bits per heavy atom. The number of rotatable bonds is 4. The molecule has 1 aliphatic carbocycles. The lowest BCUT2D eigenvalue weighted by Gasteiger charge is -2.26. The molecule has 1 aliphatic rings. The average Bonchev–Trinajstić information content (AvgIpc) is 2.35. The van der Waals surface area contributed by atoms with Gasteiger partial charge >= 0.3 is 0 Å². The first-order valence-corrected chi connectivity index (χ1v) is 8.48. The van der Waals surface area contributed by atoms with Crippen LogP contribution in [0.5, 0.6) is 0 Å². The lowest BCUT2D eigenvalue weighted by Crippen LogP contribution is -2.40. The molecule has 1 fully saturated rings. The van der Waals surface area contributed by atoms with Gasteiger partial charge in [0.15, 0.2) is 0 Å². The molecule has 0 saturated heterocycles. The van der Waals surface area contributed by atoms with Crippen LogP contribution in [0.2, 0.25) is 5.02 Å². The summed E-state index contributed by atoms with van der Waals surface area (Å²) in [6, 6.07) is 7.23. The molecule has 0 bridgehead atoms. The Morgan fingerprint density at radius 3 is 2.47 bits per heavy atom. The van der Waals surface area contributed by atoms with Crippen molar-refractivity contribution in [2.24, 2.45) is 5.73 Å². The summed E-state index contributed by atoms with van der Waals surface area (Å²) >= 11 is 5.98. The first-order valence-electron chi connectivity index (χ1n) is 6.45. The summed E-state index contributed by atoms with van der Waals surface area (Å²) in [7, 11) is -3.35. The third-order valence-corrected chi connectivity index (χ3v) is 5.17. The van der Waals surface area contributed by atoms with Crippen LogP contribution in [0.1, 0.15) is 31.2 Å². The zero-order valence-electron chi connectivity index (χ0n) is 10.7. The van der Waals surface area contributed by atoms with Crippen LogP contribution in [0, 0.1) is 0 Å². The number of halogens is 1. The molecule has 106 valence electrons. The predicted molar refractivity (Wildman–Crippen MR) is 77.4 cm³/mol. The summed E-state index contributed by atoms with van der Waals surface area (Å²) in [6.07, 6.45) is 3.37. The first kappa shape index (κ1) is 14.8. The Hall–Kier alpha value is -0.620. The molecule has 3 N–H and O–H groups in total. The van der Waals surface area contributed by atoms with Gasteiger partial charge in [-0.25, -0.2) is 13.1 Å². The molecule has 4 nitrogen and oxygen atoms in total. The van der Waals surface area contributed by atoms with E-state index in [0.29, 0.717) is 10.6 Å². The molecule has 0 heterocycles. The van der Waals surface area contributed by atoms with Gasteiger partial charge in [0.05, 0.1) is 5.75 Å². The normalized spacial score (nSPS) is 24.3. The standard InChI is InChI=1S/C13H19ClN2O2S/c14-13-4-2-1-3-10(13)9-19(17,18)16-12-7-5-11(15)6-8-12/h1-4,11-12,16H,5-9,15H2. The minimum absolute atomic E-state index is 0.00675. The molecule has 0 spiro atoms. The van der Waals surface area contributed by atoms with E-state index >= 15 is 0 Å². The van der Waals surface area contributed by atoms with Gasteiger partial charge in [-0.05, 0) is 37.3 Å². The highest BCUT2D eigenvalue weighted by molar-refractivity contribution is 7.88. The monoisotopic (exact) mass is 302 g/mol. The Kier molecular flexibility index (Phi) is 4.84. The molecular formula is C13H19ClN2O2S. The predicted octanol–water partition coefficient (Wildman–Crippen LogP) is 2.03. The van der Waals surface area contributed by atoms with Crippen molar-refractivity contribution >= 4 is 21.6 Å². The van der Waals surface area contributed by atoms with Crippen LogP contribution in [-0.4, -0.2) is 20.5 Å². The van der Waals surface area contributed by atoms with E-state index in [1.165, 1.54) is 0 Å². The molecule has 0 aromatic heterocycles. The maximum atomic E-state index is 12.1. The summed E-state index contributed by atoms with van der Waals surface area (Å²) < 4.78 is 27.0. The van der Waals surface area contributed by atoms with Gasteiger partial charge in [0, 0.05) is 17.1 Å². The SMILES string of the molecule is NC1CCC(NS(=O)(=O)Cc2ccccc2Cl)CC1. The summed E-state index contributed by atoms with van der Waals surface area (Å²) in [4.78, 5) is 0. The molecule has 0 unspecified atom stereocenters. The first-order chi connectivity index (χ1) is 8.96. The van der Waals surface area contributed by atoms with Gasteiger partial charge in [0.1, 0.15) is 0 Å². The Morgan fingerprint density at radius 1 is 1.21 bits per heavy atom. The number of nitrogens with one attached hydrogen (secondary N) is 1. The van der Waals surface area contributed by atoms with Crippen molar-refractivity contribution < 1.29 is 8.42 Å². The second-order valence-electron chi connectivity index (χ2n) is 5.08. The molecule has 1 aromatic rings. The van der Waals surface area contributed by atoms with Gasteiger partial charge < -0.3 is 5.73 Å². The third kappa shape index (κ3) is 4.45. The summed E-state index contributed by atoms with van der Waals surface area (Å²) in [6.45, 7) is 0. The molecule has 6 heteroatoms. The van der Waals surface area contributed by atoms with E-state index in [4.69, 9.17) is 17.3 Å². The van der Waals surface area contributed by atoms with Crippen molar-refractivity contribution in [1.82, 2.24) is 4.72 Å². The minimum atomic E-state index is -3.35. The Balaban J connectivity index is 1.97. The van der Waals surface area contributed by atoms with E-state index < -0.39 is 10.0 Å². The van der Waals surface area contributed by atoms with E-state index in [0.717, 1.165) is 25.7 Å². The van der Waals surface area contributed by atoms with Gasteiger partial charge in [-0.3, -0.25) is 0 Å². The molecule has 2 rings (SSSR count). The van der Waals surface area contributed by atoms with Crippen LogP contribution in [0.15, 0.2) is 24.3 Å². The second kappa shape index (κ2) is 6.22. The topological polar surface area (TPSA) is 72.2 Å². The number of nitrogens with two attached hydrogens (primary N) is 1. The maximum absolute atomic E-state index is 12.1. The maximum Gasteiger partial charge on any atom is 0.216 e. The fourth-order valence-electron chi connectivity index (χ4n) is 2.35. The third-order valence-electron chi connectivity index (χ3n) is 3.42. The van der Waals surface area contributed by atoms with Gasteiger partial charge in [-0.2, -0.15) is 0 Å². The molecule has 0 radical (unpaired) electrons. The van der Waals surface area contributed by atoms with Crippen LogP contribution in [0.4, 0.5) is 0 Å². The van der Waals surface area contributed by atoms with E-state index in [1.54, 1.807) is 24.3 Å². The quantitative estimate of drug-likeness (QED) is 0.894. The average molecular weight is 303 g/mol. The molecular weight excluding hydrogens is 284 g/mol. The van der Waals surface area contributed by atoms with Crippen molar-refractivity contribution in [3.63, 3.8) is 0 Å². The molecule has 1 saturated carbocycles. The van der Waals surface area contributed by atoms with Crippen LogP contribution in [-0.2, 0) is 15.8 Å². The van der Waals surface area contributed by atoms with Crippen molar-refractivity contribution in [2.45, 2.75) is 43.5 Å². The highest BCUT2D eigenvalue weighted by atomic mass is 35.5. The van der Waals surface area contributed by atoms with E-state index in [9.17, 15) is 8.42 Å². The van der Waals surface area contributed by atoms with Gasteiger partial charge in [0.2, 0.25) is 10.0 Å². The highest BCUT2D eigenvalue weighted by Crippen LogP contribution is 2.20. The van der Waals surface area contributed by atoms with Crippen LogP contribution < -0.4 is 10.5 Å². The van der Waals surface area contributed by atoms with Crippen molar-refractivity contribution in [1.29, 1.82) is 0 Å². The zero-order valence-corrected chi connectivity index (χ0v) is 12.3. The van der Waals surface area contributed by atoms with Gasteiger partial charge in [-0.1, -0.05) is 29.8 Å². The lowest BCUT2D eigenvalue weighted by molar-refractivity contribution is 0.373. The van der Waals surface area contributed by atoms with Gasteiger partial charge in [0.25, 0.3) is 0 Å². The molecule has 0 amide bonds. The second-order valence-corrected chi connectivity index (χ2v) is 7.24. The van der Waals surface area contributed by atoms with Crippen molar-refractivity contribution in [3.8, 4) is 0 Å². The van der Waals surface area contributed by atoms with E-state index in [2.05, 4.69) is 4.72 Å². The number of sulfonamides is 1. The molecule has 0 atom stereocenters. The largest absolute Gasteiger partial charge is 0.328 e. The smallest absolute Gasteiger partial charge is 0.216 e. The van der Waals surface area contributed by atoms with Gasteiger partial charge in [-0.15, -0.1) is 0 Å². The fraction of sp³-hybridized carbons (Fsp3) is 0.538. The zero-order chi connectivity index (χ0) is 13.9. The molecule has 1 aromatic carbocycles. The summed E-state index contributed by atoms with van der Waals surface area (Å²) in [5.74, 6) is -0.0742. The number of hydrogen-bond donors (Lipinski definition) is 2. The number of benzene rings is 1. The number of hydrogen-bond acceptors (Lipinski definition) is 3. The Bertz CT molecular complexity index is 525. The van der Waals surface area contributed by atoms with E-state index in [1.807, 2.05) is 0 Å². The Labute approximate surface area is 119 Å².